The summed E-state index contributed by atoms with van der Waals surface area (Å²) in [5.41, 5.74) is 3.97. The van der Waals surface area contributed by atoms with E-state index >= 15 is 0 Å². The van der Waals surface area contributed by atoms with Crippen molar-refractivity contribution in [2.45, 2.75) is 39.6 Å². The van der Waals surface area contributed by atoms with Gasteiger partial charge in [-0.2, -0.15) is 0 Å². The average molecular weight is 527 g/mol. The topological polar surface area (TPSA) is 89.6 Å². The quantitative estimate of drug-likeness (QED) is 0.322. The second-order valence-corrected chi connectivity index (χ2v) is 9.81. The van der Waals surface area contributed by atoms with Crippen LogP contribution in [0.2, 0.25) is 0 Å². The van der Waals surface area contributed by atoms with Gasteiger partial charge in [0.1, 0.15) is 34.7 Å². The Balaban J connectivity index is 1.63. The summed E-state index contributed by atoms with van der Waals surface area (Å²) in [5.74, 6) is 0.423. The van der Waals surface area contributed by atoms with Crippen molar-refractivity contribution in [2.75, 3.05) is 0 Å². The number of aryl methyl sites for hydroxylation is 2. The van der Waals surface area contributed by atoms with Gasteiger partial charge >= 0.3 is 6.36 Å². The van der Waals surface area contributed by atoms with E-state index < -0.39 is 18.2 Å². The Bertz CT molecular complexity index is 1540. The van der Waals surface area contributed by atoms with Crippen molar-refractivity contribution in [1.29, 1.82) is 0 Å². The number of ether oxygens (including phenoxy) is 1. The number of benzene rings is 2. The number of aromatic hydroxyl groups is 1. The van der Waals surface area contributed by atoms with Crippen LogP contribution >= 0.6 is 11.3 Å². The molecule has 0 spiro atoms. The number of thiophene rings is 1. The van der Waals surface area contributed by atoms with Crippen molar-refractivity contribution >= 4 is 23.3 Å². The van der Waals surface area contributed by atoms with E-state index in [0.29, 0.717) is 22.9 Å². The van der Waals surface area contributed by atoms with Gasteiger partial charge in [-0.15, -0.1) is 34.7 Å². The SMILES string of the molecule is Cc1sc2c(c1C)C(c1ccc(-c3ccc(O)cc3OC(F)(F)F)cc1)=N[C@@H](CC=O)c1nnc(C)n1-2. The molecule has 0 amide bonds. The van der Waals surface area contributed by atoms with Crippen molar-refractivity contribution in [3.8, 4) is 27.6 Å². The molecule has 0 unspecified atom stereocenters. The number of halogens is 3. The molecule has 190 valence electrons. The Morgan fingerprint density at radius 3 is 2.46 bits per heavy atom. The highest BCUT2D eigenvalue weighted by atomic mass is 32.1. The molecule has 0 saturated carbocycles. The summed E-state index contributed by atoms with van der Waals surface area (Å²) < 4.78 is 44.9. The largest absolute Gasteiger partial charge is 0.573 e. The first-order valence-corrected chi connectivity index (χ1v) is 12.1. The fourth-order valence-electron chi connectivity index (χ4n) is 4.40. The van der Waals surface area contributed by atoms with Crippen LogP contribution in [0.25, 0.3) is 16.1 Å². The predicted octanol–water partition coefficient (Wildman–Crippen LogP) is 6.01. The summed E-state index contributed by atoms with van der Waals surface area (Å²) in [6.45, 7) is 5.87. The second kappa shape index (κ2) is 9.15. The molecule has 0 saturated heterocycles. The molecule has 0 bridgehead atoms. The van der Waals surface area contributed by atoms with Crippen LogP contribution in [0.4, 0.5) is 13.2 Å². The summed E-state index contributed by atoms with van der Waals surface area (Å²) in [4.78, 5) is 17.5. The van der Waals surface area contributed by atoms with E-state index in [4.69, 9.17) is 4.99 Å². The number of aromatic nitrogens is 3. The van der Waals surface area contributed by atoms with E-state index in [1.807, 2.05) is 25.3 Å². The maximum absolute atomic E-state index is 13.0. The van der Waals surface area contributed by atoms with Crippen molar-refractivity contribution in [2.24, 2.45) is 4.99 Å². The number of fused-ring (bicyclic) bond motifs is 3. The lowest BCUT2D eigenvalue weighted by atomic mass is 9.96. The molecule has 3 heterocycles. The van der Waals surface area contributed by atoms with Gasteiger partial charge in [-0.1, -0.05) is 24.3 Å². The first-order valence-electron chi connectivity index (χ1n) is 11.3. The Kier molecular flexibility index (Phi) is 6.10. The van der Waals surface area contributed by atoms with Crippen LogP contribution in [0.1, 0.15) is 45.7 Å². The number of aliphatic imine (C=N–C) groups is 1. The molecule has 2 aromatic heterocycles. The fraction of sp³-hybridized carbons (Fsp3) is 0.231. The smallest absolute Gasteiger partial charge is 0.508 e. The monoisotopic (exact) mass is 526 g/mol. The normalized spacial score (nSPS) is 15.0. The van der Waals surface area contributed by atoms with Gasteiger partial charge in [-0.25, -0.2) is 0 Å². The molecule has 11 heteroatoms. The number of alkyl halides is 3. The van der Waals surface area contributed by atoms with Crippen LogP contribution in [0, 0.1) is 20.8 Å². The number of hydrogen-bond donors (Lipinski definition) is 1. The minimum Gasteiger partial charge on any atom is -0.508 e. The van der Waals surface area contributed by atoms with Crippen LogP contribution in [0.15, 0.2) is 47.5 Å². The number of aldehydes is 1. The molecule has 1 aliphatic heterocycles. The van der Waals surface area contributed by atoms with Gasteiger partial charge in [0, 0.05) is 34.1 Å². The zero-order valence-corrected chi connectivity index (χ0v) is 20.8. The second-order valence-electron chi connectivity index (χ2n) is 8.61. The molecular formula is C26H21F3N4O3S. The minimum atomic E-state index is -4.91. The standard InChI is InChI=1S/C26H21F3N4O3S/c1-13-14(2)37-25-22(13)23(30-20(10-11-34)24-32-31-15(3)33(24)25)17-6-4-16(5-7-17)19-9-8-18(35)12-21(19)36-26(27,28)29/h4-9,11-12,20,35H,10H2,1-3H3/t20-/m0/s1. The Hall–Kier alpha value is -3.99. The number of carbonyl (C=O) groups is 1. The third-order valence-electron chi connectivity index (χ3n) is 6.22. The summed E-state index contributed by atoms with van der Waals surface area (Å²) >= 11 is 1.59. The molecular weight excluding hydrogens is 505 g/mol. The van der Waals surface area contributed by atoms with Gasteiger partial charge in [0.05, 0.1) is 5.71 Å². The maximum atomic E-state index is 13.0. The Labute approximate surface area is 213 Å². The van der Waals surface area contributed by atoms with Crippen LogP contribution in [-0.4, -0.2) is 38.2 Å². The van der Waals surface area contributed by atoms with Gasteiger partial charge in [0.25, 0.3) is 0 Å². The number of rotatable bonds is 5. The van der Waals surface area contributed by atoms with Crippen LogP contribution in [0.5, 0.6) is 11.5 Å². The number of nitrogens with zero attached hydrogens (tertiary/aromatic N) is 4. The lowest BCUT2D eigenvalue weighted by molar-refractivity contribution is -0.274. The number of carbonyl (C=O) groups excluding carboxylic acids is 1. The molecule has 0 radical (unpaired) electrons. The first kappa shape index (κ1) is 24.7. The lowest BCUT2D eigenvalue weighted by Gasteiger charge is -2.15. The Morgan fingerprint density at radius 1 is 1.08 bits per heavy atom. The van der Waals surface area contributed by atoms with Crippen molar-refractivity contribution in [1.82, 2.24) is 14.8 Å². The molecule has 37 heavy (non-hydrogen) atoms. The van der Waals surface area contributed by atoms with E-state index in [1.165, 1.54) is 12.1 Å². The van der Waals surface area contributed by atoms with E-state index in [1.54, 1.807) is 35.6 Å². The van der Waals surface area contributed by atoms with E-state index in [9.17, 15) is 23.1 Å². The van der Waals surface area contributed by atoms with Gasteiger partial charge in [0.15, 0.2) is 5.82 Å². The number of phenolic OH excluding ortho intramolecular Hbond substituents is 1. The van der Waals surface area contributed by atoms with Gasteiger partial charge in [-0.05, 0) is 44.0 Å². The summed E-state index contributed by atoms with van der Waals surface area (Å²) in [7, 11) is 0. The van der Waals surface area contributed by atoms with Gasteiger partial charge in [0.2, 0.25) is 0 Å². The predicted molar refractivity (Wildman–Crippen MR) is 133 cm³/mol. The van der Waals surface area contributed by atoms with Crippen molar-refractivity contribution < 1.29 is 27.8 Å². The van der Waals surface area contributed by atoms with E-state index in [-0.39, 0.29) is 17.7 Å². The van der Waals surface area contributed by atoms with Crippen molar-refractivity contribution in [3.63, 3.8) is 0 Å². The molecule has 2 aromatic carbocycles. The van der Waals surface area contributed by atoms with Crippen LogP contribution in [-0.2, 0) is 4.79 Å². The molecule has 7 nitrogen and oxygen atoms in total. The number of phenols is 1. The van der Waals surface area contributed by atoms with E-state index in [2.05, 4.69) is 14.9 Å². The molecule has 5 rings (SSSR count). The van der Waals surface area contributed by atoms with Crippen molar-refractivity contribution in [3.05, 3.63) is 75.7 Å². The summed E-state index contributed by atoms with van der Waals surface area (Å²) in [5, 5.41) is 19.1. The fourth-order valence-corrected chi connectivity index (χ4v) is 5.62. The summed E-state index contributed by atoms with van der Waals surface area (Å²) in [6, 6.07) is 9.94. The third kappa shape index (κ3) is 4.50. The molecule has 1 atom stereocenters. The van der Waals surface area contributed by atoms with Gasteiger partial charge < -0.3 is 14.6 Å². The maximum Gasteiger partial charge on any atom is 0.573 e. The highest BCUT2D eigenvalue weighted by molar-refractivity contribution is 7.15. The summed E-state index contributed by atoms with van der Waals surface area (Å²) in [6.07, 6.45) is -3.99. The van der Waals surface area contributed by atoms with E-state index in [0.717, 1.165) is 38.9 Å². The Morgan fingerprint density at radius 2 is 1.78 bits per heavy atom. The minimum absolute atomic E-state index is 0.123. The van der Waals surface area contributed by atoms with Gasteiger partial charge in [-0.3, -0.25) is 9.56 Å². The third-order valence-corrected chi connectivity index (χ3v) is 7.41. The molecule has 0 fully saturated rings. The zero-order valence-electron chi connectivity index (χ0n) is 20.0. The first-order chi connectivity index (χ1) is 17.6. The van der Waals surface area contributed by atoms with Crippen LogP contribution < -0.4 is 4.74 Å². The highest BCUT2D eigenvalue weighted by Crippen LogP contribution is 2.40. The lowest BCUT2D eigenvalue weighted by Crippen LogP contribution is -2.17. The molecule has 4 aromatic rings. The molecule has 0 aliphatic carbocycles. The highest BCUT2D eigenvalue weighted by Gasteiger charge is 2.33. The molecule has 1 N–H and O–H groups in total. The molecule has 1 aliphatic rings. The zero-order chi connectivity index (χ0) is 26.5. The van der Waals surface area contributed by atoms with Crippen LogP contribution in [0.3, 0.4) is 0 Å². The number of hydrogen-bond acceptors (Lipinski definition) is 7. The average Bonchev–Trinajstić information content (AvgIpc) is 3.30.